The molecule has 2 N–H and O–H groups in total. The molecule has 0 heterocycles. The number of nitrogens with two attached hydrogens (primary N) is 1. The lowest BCUT2D eigenvalue weighted by Crippen LogP contribution is -2.17. The monoisotopic (exact) mass is 215 g/mol. The number of rotatable bonds is 1. The van der Waals surface area contributed by atoms with Gasteiger partial charge in [-0.15, -0.1) is 0 Å². The van der Waals surface area contributed by atoms with Crippen molar-refractivity contribution in [3.63, 3.8) is 0 Å². The van der Waals surface area contributed by atoms with Crippen LogP contribution in [0.1, 0.15) is 35.4 Å². The van der Waals surface area contributed by atoms with Crippen molar-refractivity contribution >= 4 is 5.78 Å². The predicted molar refractivity (Wildman–Crippen MR) is 65.2 cm³/mol. The van der Waals surface area contributed by atoms with Crippen LogP contribution in [0.2, 0.25) is 0 Å². The molecule has 1 aromatic rings. The third-order valence-electron chi connectivity index (χ3n) is 3.15. The molecule has 0 spiro atoms. The first-order valence-corrected chi connectivity index (χ1v) is 5.62. The van der Waals surface area contributed by atoms with Gasteiger partial charge in [-0.1, -0.05) is 23.8 Å². The standard InChI is InChI=1S/C14H17NO/c1-9-3-4-10(2)14(5-9)11-6-12(15)8-13(16)7-11/h3-5,8,11H,6-7,15H2,1-2H3. The summed E-state index contributed by atoms with van der Waals surface area (Å²) in [5.41, 5.74) is 10.2. The largest absolute Gasteiger partial charge is 0.402 e. The molecule has 0 saturated carbocycles. The van der Waals surface area contributed by atoms with Crippen molar-refractivity contribution in [2.75, 3.05) is 0 Å². The van der Waals surface area contributed by atoms with Crippen LogP contribution in [0.3, 0.4) is 0 Å². The second-order valence-electron chi connectivity index (χ2n) is 4.65. The molecule has 1 aliphatic carbocycles. The topological polar surface area (TPSA) is 43.1 Å². The number of benzene rings is 1. The van der Waals surface area contributed by atoms with Crippen LogP contribution < -0.4 is 5.73 Å². The zero-order valence-corrected chi connectivity index (χ0v) is 9.79. The third kappa shape index (κ3) is 2.16. The maximum atomic E-state index is 11.5. The summed E-state index contributed by atoms with van der Waals surface area (Å²) in [6.07, 6.45) is 2.96. The molecule has 16 heavy (non-hydrogen) atoms. The van der Waals surface area contributed by atoms with Crippen LogP contribution in [-0.4, -0.2) is 5.78 Å². The highest BCUT2D eigenvalue weighted by Crippen LogP contribution is 2.32. The highest BCUT2D eigenvalue weighted by molar-refractivity contribution is 5.91. The Balaban J connectivity index is 2.35. The maximum Gasteiger partial charge on any atom is 0.158 e. The average molecular weight is 215 g/mol. The molecule has 0 aliphatic heterocycles. The normalized spacial score (nSPS) is 20.8. The number of ketones is 1. The summed E-state index contributed by atoms with van der Waals surface area (Å²) >= 11 is 0. The Kier molecular flexibility index (Phi) is 2.82. The number of allylic oxidation sites excluding steroid dienone is 2. The molecule has 84 valence electrons. The lowest BCUT2D eigenvalue weighted by atomic mass is 9.83. The molecule has 1 aromatic carbocycles. The number of carbonyl (C=O) groups excluding carboxylic acids is 1. The van der Waals surface area contributed by atoms with Crippen molar-refractivity contribution < 1.29 is 4.79 Å². The zero-order chi connectivity index (χ0) is 11.7. The molecule has 0 aromatic heterocycles. The first-order chi connectivity index (χ1) is 7.56. The van der Waals surface area contributed by atoms with E-state index in [0.29, 0.717) is 12.1 Å². The van der Waals surface area contributed by atoms with Gasteiger partial charge in [0.1, 0.15) is 0 Å². The number of aryl methyl sites for hydroxylation is 2. The Morgan fingerprint density at radius 1 is 1.25 bits per heavy atom. The second kappa shape index (κ2) is 4.12. The van der Waals surface area contributed by atoms with Crippen LogP contribution >= 0.6 is 0 Å². The summed E-state index contributed by atoms with van der Waals surface area (Å²) in [4.78, 5) is 11.5. The Hall–Kier alpha value is -1.57. The smallest absolute Gasteiger partial charge is 0.158 e. The molecule has 2 rings (SSSR count). The molecule has 0 bridgehead atoms. The van der Waals surface area contributed by atoms with Gasteiger partial charge in [-0.3, -0.25) is 4.79 Å². The molecule has 0 radical (unpaired) electrons. The molecule has 0 saturated heterocycles. The van der Waals surface area contributed by atoms with Crippen LogP contribution in [0, 0.1) is 13.8 Å². The predicted octanol–water partition coefficient (Wildman–Crippen LogP) is 2.59. The van der Waals surface area contributed by atoms with E-state index in [0.717, 1.165) is 6.42 Å². The Bertz CT molecular complexity index is 460. The molecule has 2 heteroatoms. The molecule has 0 fully saturated rings. The molecule has 1 unspecified atom stereocenters. The Morgan fingerprint density at radius 3 is 2.69 bits per heavy atom. The van der Waals surface area contributed by atoms with E-state index in [1.54, 1.807) is 6.08 Å². The van der Waals surface area contributed by atoms with E-state index >= 15 is 0 Å². The van der Waals surface area contributed by atoms with Gasteiger partial charge in [0, 0.05) is 12.1 Å². The fourth-order valence-electron chi connectivity index (χ4n) is 2.34. The van der Waals surface area contributed by atoms with Crippen LogP contribution in [0.15, 0.2) is 30.0 Å². The molecule has 1 aliphatic rings. The lowest BCUT2D eigenvalue weighted by Gasteiger charge is -2.22. The van der Waals surface area contributed by atoms with Gasteiger partial charge in [0.15, 0.2) is 5.78 Å². The maximum absolute atomic E-state index is 11.5. The van der Waals surface area contributed by atoms with E-state index in [9.17, 15) is 4.79 Å². The van der Waals surface area contributed by atoms with Crippen molar-refractivity contribution in [1.82, 2.24) is 0 Å². The van der Waals surface area contributed by atoms with Crippen LogP contribution in [-0.2, 0) is 4.79 Å². The van der Waals surface area contributed by atoms with Crippen molar-refractivity contribution in [3.8, 4) is 0 Å². The summed E-state index contributed by atoms with van der Waals surface area (Å²) in [6.45, 7) is 4.17. The first-order valence-electron chi connectivity index (χ1n) is 5.62. The van der Waals surface area contributed by atoms with Crippen LogP contribution in [0.4, 0.5) is 0 Å². The van der Waals surface area contributed by atoms with Gasteiger partial charge in [0.05, 0.1) is 0 Å². The van der Waals surface area contributed by atoms with Gasteiger partial charge >= 0.3 is 0 Å². The second-order valence-corrected chi connectivity index (χ2v) is 4.65. The number of hydrogen-bond donors (Lipinski definition) is 1. The quantitative estimate of drug-likeness (QED) is 0.782. The van der Waals surface area contributed by atoms with Crippen molar-refractivity contribution in [2.24, 2.45) is 5.73 Å². The van der Waals surface area contributed by atoms with Crippen LogP contribution in [0.25, 0.3) is 0 Å². The van der Waals surface area contributed by atoms with Gasteiger partial charge in [-0.2, -0.15) is 0 Å². The van der Waals surface area contributed by atoms with Gasteiger partial charge in [0.25, 0.3) is 0 Å². The van der Waals surface area contributed by atoms with E-state index in [-0.39, 0.29) is 11.7 Å². The van der Waals surface area contributed by atoms with E-state index in [2.05, 4.69) is 32.0 Å². The van der Waals surface area contributed by atoms with Gasteiger partial charge in [-0.25, -0.2) is 0 Å². The average Bonchev–Trinajstić information content (AvgIpc) is 2.20. The Morgan fingerprint density at radius 2 is 2.00 bits per heavy atom. The van der Waals surface area contributed by atoms with Gasteiger partial charge in [-0.05, 0) is 43.4 Å². The summed E-state index contributed by atoms with van der Waals surface area (Å²) in [5, 5.41) is 0. The minimum absolute atomic E-state index is 0.148. The number of carbonyl (C=O) groups is 1. The highest BCUT2D eigenvalue weighted by atomic mass is 16.1. The zero-order valence-electron chi connectivity index (χ0n) is 9.79. The third-order valence-corrected chi connectivity index (χ3v) is 3.15. The van der Waals surface area contributed by atoms with Gasteiger partial charge in [0.2, 0.25) is 0 Å². The molecular formula is C14H17NO. The Labute approximate surface area is 96.2 Å². The fraction of sp³-hybridized carbons (Fsp3) is 0.357. The minimum atomic E-state index is 0.148. The molecular weight excluding hydrogens is 198 g/mol. The number of hydrogen-bond acceptors (Lipinski definition) is 2. The fourth-order valence-corrected chi connectivity index (χ4v) is 2.34. The summed E-state index contributed by atoms with van der Waals surface area (Å²) in [5.74, 6) is 0.409. The minimum Gasteiger partial charge on any atom is -0.402 e. The first kappa shape index (κ1) is 10.9. The van der Waals surface area contributed by atoms with E-state index in [1.807, 2.05) is 0 Å². The van der Waals surface area contributed by atoms with Crippen molar-refractivity contribution in [1.29, 1.82) is 0 Å². The van der Waals surface area contributed by atoms with E-state index < -0.39 is 0 Å². The van der Waals surface area contributed by atoms with Gasteiger partial charge < -0.3 is 5.73 Å². The van der Waals surface area contributed by atoms with E-state index in [1.165, 1.54) is 16.7 Å². The van der Waals surface area contributed by atoms with Crippen LogP contribution in [0.5, 0.6) is 0 Å². The molecule has 1 atom stereocenters. The van der Waals surface area contributed by atoms with E-state index in [4.69, 9.17) is 5.73 Å². The molecule has 0 amide bonds. The van der Waals surface area contributed by atoms with Crippen molar-refractivity contribution in [3.05, 3.63) is 46.7 Å². The lowest BCUT2D eigenvalue weighted by molar-refractivity contribution is -0.115. The summed E-state index contributed by atoms with van der Waals surface area (Å²) < 4.78 is 0. The SMILES string of the molecule is Cc1ccc(C)c(C2CC(=O)C=C(N)C2)c1. The van der Waals surface area contributed by atoms with Crippen molar-refractivity contribution in [2.45, 2.75) is 32.6 Å². The summed E-state index contributed by atoms with van der Waals surface area (Å²) in [6, 6.07) is 6.39. The summed E-state index contributed by atoms with van der Waals surface area (Å²) in [7, 11) is 0. The molecule has 2 nitrogen and oxygen atoms in total. The highest BCUT2D eigenvalue weighted by Gasteiger charge is 2.22.